The van der Waals surface area contributed by atoms with E-state index in [0.29, 0.717) is 5.82 Å². The molecule has 0 aromatic carbocycles. The van der Waals surface area contributed by atoms with Gasteiger partial charge < -0.3 is 14.7 Å². The van der Waals surface area contributed by atoms with Crippen LogP contribution in [0.15, 0.2) is 23.5 Å². The average Bonchev–Trinajstić information content (AvgIpc) is 2.86. The van der Waals surface area contributed by atoms with Crippen LogP contribution in [-0.2, 0) is 22.6 Å². The summed E-state index contributed by atoms with van der Waals surface area (Å²) in [6, 6.07) is 0. The molecular formula is C8H8ClN5O4S. The molecule has 0 spiro atoms. The lowest BCUT2D eigenvalue weighted by atomic mass is 10.6. The van der Waals surface area contributed by atoms with Gasteiger partial charge in [0.1, 0.15) is 12.4 Å². The predicted molar refractivity (Wildman–Crippen MR) is 64.2 cm³/mol. The first kappa shape index (κ1) is 13.5. The summed E-state index contributed by atoms with van der Waals surface area (Å²) in [5.74, 6) is -0.236. The van der Waals surface area contributed by atoms with Gasteiger partial charge in [0.05, 0.1) is 11.3 Å². The van der Waals surface area contributed by atoms with Crippen molar-refractivity contribution < 1.29 is 13.3 Å². The molecule has 2 rings (SSSR count). The zero-order chi connectivity index (χ0) is 14.2. The van der Waals surface area contributed by atoms with Crippen LogP contribution < -0.4 is 0 Å². The van der Waals surface area contributed by atoms with Gasteiger partial charge in [-0.2, -0.15) is 4.68 Å². The lowest BCUT2D eigenvalue weighted by molar-refractivity contribution is -0.392. The second-order valence-corrected chi connectivity index (χ2v) is 6.20. The minimum absolute atomic E-state index is 0.0940. The van der Waals surface area contributed by atoms with Gasteiger partial charge in [-0.15, -0.1) is 0 Å². The highest BCUT2D eigenvalue weighted by atomic mass is 35.7. The van der Waals surface area contributed by atoms with E-state index in [4.69, 9.17) is 10.7 Å². The van der Waals surface area contributed by atoms with Crippen molar-refractivity contribution in [3.05, 3.63) is 34.5 Å². The van der Waals surface area contributed by atoms with Crippen LogP contribution in [0.2, 0.25) is 0 Å². The number of hydrogen-bond acceptors (Lipinski definition) is 6. The van der Waals surface area contributed by atoms with E-state index >= 15 is 0 Å². The lowest BCUT2D eigenvalue weighted by Gasteiger charge is -1.97. The van der Waals surface area contributed by atoms with Crippen molar-refractivity contribution in [3.63, 3.8) is 0 Å². The molecule has 0 fully saturated rings. The molecule has 0 saturated carbocycles. The predicted octanol–water partition coefficient (Wildman–Crippen LogP) is 0.501. The van der Waals surface area contributed by atoms with Crippen molar-refractivity contribution >= 4 is 25.6 Å². The van der Waals surface area contributed by atoms with Gasteiger partial charge >= 0.3 is 5.82 Å². The van der Waals surface area contributed by atoms with Gasteiger partial charge in [0.25, 0.3) is 9.05 Å². The van der Waals surface area contributed by atoms with E-state index in [1.54, 1.807) is 24.0 Å². The number of hydrogen-bond donors (Lipinski definition) is 0. The zero-order valence-electron chi connectivity index (χ0n) is 9.59. The summed E-state index contributed by atoms with van der Waals surface area (Å²) in [7, 11) is 2.64. The zero-order valence-corrected chi connectivity index (χ0v) is 11.2. The molecule has 2 aromatic rings. The van der Waals surface area contributed by atoms with Crippen molar-refractivity contribution in [2.75, 3.05) is 0 Å². The number of imidazole rings is 1. The quantitative estimate of drug-likeness (QED) is 0.462. The molecule has 0 radical (unpaired) electrons. The first-order valence-corrected chi connectivity index (χ1v) is 7.22. The normalized spacial score (nSPS) is 11.7. The Labute approximate surface area is 112 Å². The van der Waals surface area contributed by atoms with Gasteiger partial charge in [-0.3, -0.25) is 0 Å². The Balaban J connectivity index is 2.44. The first-order valence-electron chi connectivity index (χ1n) is 4.91. The van der Waals surface area contributed by atoms with E-state index in [2.05, 4.69) is 10.1 Å². The summed E-state index contributed by atoms with van der Waals surface area (Å²) < 4.78 is 25.2. The van der Waals surface area contributed by atoms with Gasteiger partial charge in [-0.25, -0.2) is 13.4 Å². The van der Waals surface area contributed by atoms with Gasteiger partial charge in [0, 0.05) is 30.1 Å². The van der Waals surface area contributed by atoms with Crippen LogP contribution in [0.1, 0.15) is 5.82 Å². The highest BCUT2D eigenvalue weighted by Crippen LogP contribution is 2.25. The maximum Gasteiger partial charge on any atom is 0.410 e. The second-order valence-electron chi connectivity index (χ2n) is 3.66. The molecular weight excluding hydrogens is 298 g/mol. The fourth-order valence-electron chi connectivity index (χ4n) is 1.47. The second kappa shape index (κ2) is 4.63. The Kier molecular flexibility index (Phi) is 3.28. The Bertz CT molecular complexity index is 734. The summed E-state index contributed by atoms with van der Waals surface area (Å²) in [6.45, 7) is 0.0940. The molecule has 0 aliphatic rings. The Morgan fingerprint density at radius 2 is 2.21 bits per heavy atom. The van der Waals surface area contributed by atoms with Crippen LogP contribution in [0, 0.1) is 10.1 Å². The van der Waals surface area contributed by atoms with Crippen LogP contribution in [0.3, 0.4) is 0 Å². The molecule has 0 atom stereocenters. The fourth-order valence-corrected chi connectivity index (χ4v) is 2.37. The van der Waals surface area contributed by atoms with Gasteiger partial charge in [0.15, 0.2) is 0 Å². The molecule has 0 saturated heterocycles. The molecule has 0 unspecified atom stereocenters. The fraction of sp³-hybridized carbons (Fsp3) is 0.250. The average molecular weight is 306 g/mol. The van der Waals surface area contributed by atoms with Crippen LogP contribution in [0.25, 0.3) is 0 Å². The molecule has 0 aliphatic carbocycles. The van der Waals surface area contributed by atoms with Gasteiger partial charge in [-0.1, -0.05) is 0 Å². The molecule has 0 bridgehead atoms. The SMILES string of the molecule is Cn1ccnc1Cn1cc(S(=O)(=O)Cl)c([N+](=O)[O-])n1. The highest BCUT2D eigenvalue weighted by molar-refractivity contribution is 8.13. The maximum atomic E-state index is 11.2. The van der Waals surface area contributed by atoms with Crippen molar-refractivity contribution in [2.24, 2.45) is 7.05 Å². The van der Waals surface area contributed by atoms with E-state index in [1.165, 1.54) is 0 Å². The topological polar surface area (TPSA) is 113 Å². The molecule has 2 aromatic heterocycles. The van der Waals surface area contributed by atoms with Gasteiger partial charge in [0.2, 0.25) is 4.90 Å². The van der Waals surface area contributed by atoms with Crippen LogP contribution >= 0.6 is 10.7 Å². The summed E-state index contributed by atoms with van der Waals surface area (Å²) in [6.07, 6.45) is 4.24. The summed E-state index contributed by atoms with van der Waals surface area (Å²) in [4.78, 5) is 13.2. The van der Waals surface area contributed by atoms with Crippen LogP contribution in [0.4, 0.5) is 5.82 Å². The van der Waals surface area contributed by atoms with E-state index < -0.39 is 24.7 Å². The molecule has 11 heteroatoms. The van der Waals surface area contributed by atoms with Crippen molar-refractivity contribution in [1.29, 1.82) is 0 Å². The van der Waals surface area contributed by atoms with Crippen LogP contribution in [0.5, 0.6) is 0 Å². The number of aryl methyl sites for hydroxylation is 1. The highest BCUT2D eigenvalue weighted by Gasteiger charge is 2.30. The third kappa shape index (κ3) is 2.74. The van der Waals surface area contributed by atoms with E-state index in [0.717, 1.165) is 10.9 Å². The van der Waals surface area contributed by atoms with Crippen molar-refractivity contribution in [2.45, 2.75) is 11.4 Å². The maximum absolute atomic E-state index is 11.2. The smallest absolute Gasteiger partial charge is 0.358 e. The Morgan fingerprint density at radius 3 is 2.63 bits per heavy atom. The summed E-state index contributed by atoms with van der Waals surface area (Å²) >= 11 is 0. The standard InChI is InChI=1S/C8H8ClN5O4S/c1-12-3-2-10-7(12)5-13-4-6(19(9,17)18)8(11-13)14(15)16/h2-4H,5H2,1H3. The molecule has 9 nitrogen and oxygen atoms in total. The molecule has 0 N–H and O–H groups in total. The minimum Gasteiger partial charge on any atom is -0.358 e. The van der Waals surface area contributed by atoms with Crippen molar-refractivity contribution in [1.82, 2.24) is 19.3 Å². The number of aromatic nitrogens is 4. The number of rotatable bonds is 4. The summed E-state index contributed by atoms with van der Waals surface area (Å²) in [5, 5.41) is 14.3. The molecule has 0 amide bonds. The monoisotopic (exact) mass is 305 g/mol. The number of nitro groups is 1. The number of nitrogens with zero attached hydrogens (tertiary/aromatic N) is 5. The molecule has 0 aliphatic heterocycles. The van der Waals surface area contributed by atoms with Crippen LogP contribution in [-0.4, -0.2) is 32.7 Å². The molecule has 19 heavy (non-hydrogen) atoms. The van der Waals surface area contributed by atoms with E-state index in [9.17, 15) is 18.5 Å². The third-order valence-corrected chi connectivity index (χ3v) is 3.68. The van der Waals surface area contributed by atoms with Crippen molar-refractivity contribution in [3.8, 4) is 0 Å². The van der Waals surface area contributed by atoms with E-state index in [1.807, 2.05) is 0 Å². The lowest BCUT2D eigenvalue weighted by Crippen LogP contribution is -2.06. The third-order valence-electron chi connectivity index (χ3n) is 2.37. The number of halogens is 1. The molecule has 102 valence electrons. The first-order chi connectivity index (χ1) is 8.79. The Morgan fingerprint density at radius 1 is 1.53 bits per heavy atom. The minimum atomic E-state index is -4.23. The largest absolute Gasteiger partial charge is 0.410 e. The Hall–Kier alpha value is -1.94. The van der Waals surface area contributed by atoms with Gasteiger partial charge in [-0.05, 0) is 4.92 Å². The molecule has 2 heterocycles. The van der Waals surface area contributed by atoms with E-state index in [-0.39, 0.29) is 6.54 Å². The summed E-state index contributed by atoms with van der Waals surface area (Å²) in [5.41, 5.74) is 0.